The van der Waals surface area contributed by atoms with Crippen LogP contribution >= 0.6 is 15.9 Å². The number of anilines is 1. The molecule has 1 aliphatic rings. The van der Waals surface area contributed by atoms with Gasteiger partial charge in [-0.05, 0) is 46.5 Å². The summed E-state index contributed by atoms with van der Waals surface area (Å²) in [6, 6.07) is 6.55. The van der Waals surface area contributed by atoms with Gasteiger partial charge in [0.2, 0.25) is 0 Å². The minimum Gasteiger partial charge on any atom is -0.370 e. The molecule has 0 amide bonds. The number of hydrogen-bond donors (Lipinski definition) is 0. The van der Waals surface area contributed by atoms with Crippen LogP contribution in [0.4, 0.5) is 5.69 Å². The fourth-order valence-electron chi connectivity index (χ4n) is 1.76. The van der Waals surface area contributed by atoms with Crippen molar-refractivity contribution < 1.29 is 0 Å². The summed E-state index contributed by atoms with van der Waals surface area (Å²) < 4.78 is 1.22. The molecular weight excluding hydrogens is 226 g/mol. The molecule has 1 aromatic rings. The largest absolute Gasteiger partial charge is 0.370 e. The third kappa shape index (κ3) is 1.73. The van der Waals surface area contributed by atoms with Gasteiger partial charge in [-0.15, -0.1) is 0 Å². The van der Waals surface area contributed by atoms with Gasteiger partial charge in [-0.3, -0.25) is 0 Å². The van der Waals surface area contributed by atoms with Crippen LogP contribution in [-0.2, 0) is 0 Å². The summed E-state index contributed by atoms with van der Waals surface area (Å²) >= 11 is 3.60. The third-order valence-electron chi connectivity index (χ3n) is 2.51. The van der Waals surface area contributed by atoms with E-state index in [1.807, 2.05) is 0 Å². The summed E-state index contributed by atoms with van der Waals surface area (Å²) in [6.07, 6.45) is 0. The molecule has 2 heteroatoms. The standard InChI is InChI=1S/C11H14BrN/c1-8-3-4-11(10(12)5-8)13-6-9(2)7-13/h3-5,9H,6-7H2,1-2H3. The van der Waals surface area contributed by atoms with Crippen molar-refractivity contribution in [2.75, 3.05) is 18.0 Å². The van der Waals surface area contributed by atoms with E-state index >= 15 is 0 Å². The summed E-state index contributed by atoms with van der Waals surface area (Å²) in [5.74, 6) is 0.855. The van der Waals surface area contributed by atoms with Crippen LogP contribution in [0, 0.1) is 12.8 Å². The van der Waals surface area contributed by atoms with Crippen LogP contribution in [0.2, 0.25) is 0 Å². The van der Waals surface area contributed by atoms with Crippen molar-refractivity contribution in [1.29, 1.82) is 0 Å². The second-order valence-electron chi connectivity index (χ2n) is 3.97. The molecule has 0 aromatic heterocycles. The molecule has 1 saturated heterocycles. The molecule has 0 radical (unpaired) electrons. The van der Waals surface area contributed by atoms with Gasteiger partial charge in [0, 0.05) is 17.6 Å². The topological polar surface area (TPSA) is 3.24 Å². The molecule has 1 nitrogen and oxygen atoms in total. The van der Waals surface area contributed by atoms with E-state index in [9.17, 15) is 0 Å². The van der Waals surface area contributed by atoms with Crippen molar-refractivity contribution in [2.45, 2.75) is 13.8 Å². The first-order chi connectivity index (χ1) is 6.16. The zero-order chi connectivity index (χ0) is 9.42. The normalized spacial score (nSPS) is 17.3. The van der Waals surface area contributed by atoms with Crippen LogP contribution in [0.25, 0.3) is 0 Å². The Balaban J connectivity index is 2.21. The van der Waals surface area contributed by atoms with Crippen molar-refractivity contribution in [2.24, 2.45) is 5.92 Å². The van der Waals surface area contributed by atoms with Gasteiger partial charge in [0.15, 0.2) is 0 Å². The molecule has 1 heterocycles. The Kier molecular flexibility index (Phi) is 2.33. The van der Waals surface area contributed by atoms with Crippen molar-refractivity contribution in [3.63, 3.8) is 0 Å². The Labute approximate surface area is 87.9 Å². The van der Waals surface area contributed by atoms with Crippen LogP contribution in [0.5, 0.6) is 0 Å². The predicted molar refractivity (Wildman–Crippen MR) is 60.3 cm³/mol. The van der Waals surface area contributed by atoms with E-state index in [2.05, 4.69) is 52.9 Å². The maximum Gasteiger partial charge on any atom is 0.0511 e. The van der Waals surface area contributed by atoms with Crippen LogP contribution in [0.15, 0.2) is 22.7 Å². The second kappa shape index (κ2) is 3.33. The lowest BCUT2D eigenvalue weighted by atomic mass is 10.0. The average Bonchev–Trinajstić information content (AvgIpc) is 2.00. The third-order valence-corrected chi connectivity index (χ3v) is 3.14. The highest BCUT2D eigenvalue weighted by Gasteiger charge is 2.23. The molecule has 0 bridgehead atoms. The SMILES string of the molecule is Cc1ccc(N2CC(C)C2)c(Br)c1. The van der Waals surface area contributed by atoms with E-state index in [1.165, 1.54) is 28.8 Å². The van der Waals surface area contributed by atoms with Gasteiger partial charge in [0.05, 0.1) is 5.69 Å². The van der Waals surface area contributed by atoms with Crippen LogP contribution < -0.4 is 4.90 Å². The summed E-state index contributed by atoms with van der Waals surface area (Å²) in [5.41, 5.74) is 2.65. The lowest BCUT2D eigenvalue weighted by molar-refractivity contribution is 0.447. The lowest BCUT2D eigenvalue weighted by Gasteiger charge is -2.39. The quantitative estimate of drug-likeness (QED) is 0.728. The summed E-state index contributed by atoms with van der Waals surface area (Å²) in [7, 11) is 0. The van der Waals surface area contributed by atoms with E-state index in [0.717, 1.165) is 5.92 Å². The van der Waals surface area contributed by atoms with Gasteiger partial charge in [0.1, 0.15) is 0 Å². The molecule has 70 valence electrons. The Hall–Kier alpha value is -0.500. The Morgan fingerprint density at radius 3 is 2.62 bits per heavy atom. The summed E-state index contributed by atoms with van der Waals surface area (Å²) in [5, 5.41) is 0. The minimum absolute atomic E-state index is 0.855. The number of halogens is 1. The molecule has 1 fully saturated rings. The lowest BCUT2D eigenvalue weighted by Crippen LogP contribution is -2.45. The van der Waals surface area contributed by atoms with Crippen LogP contribution in [-0.4, -0.2) is 13.1 Å². The highest BCUT2D eigenvalue weighted by atomic mass is 79.9. The zero-order valence-corrected chi connectivity index (χ0v) is 9.63. The van der Waals surface area contributed by atoms with E-state index in [0.29, 0.717) is 0 Å². The molecule has 0 unspecified atom stereocenters. The Morgan fingerprint density at radius 2 is 2.08 bits per heavy atom. The molecule has 1 aromatic carbocycles. The van der Waals surface area contributed by atoms with Gasteiger partial charge in [-0.2, -0.15) is 0 Å². The fraction of sp³-hybridized carbons (Fsp3) is 0.455. The minimum atomic E-state index is 0.855. The maximum atomic E-state index is 3.60. The molecule has 0 spiro atoms. The molecule has 1 aliphatic heterocycles. The average molecular weight is 240 g/mol. The summed E-state index contributed by atoms with van der Waals surface area (Å²) in [4.78, 5) is 2.41. The van der Waals surface area contributed by atoms with Crippen molar-refractivity contribution in [3.05, 3.63) is 28.2 Å². The van der Waals surface area contributed by atoms with E-state index in [1.54, 1.807) is 0 Å². The smallest absolute Gasteiger partial charge is 0.0511 e. The van der Waals surface area contributed by atoms with Gasteiger partial charge < -0.3 is 4.90 Å². The molecule has 0 atom stereocenters. The molecule has 0 aliphatic carbocycles. The van der Waals surface area contributed by atoms with E-state index in [4.69, 9.17) is 0 Å². The van der Waals surface area contributed by atoms with Crippen molar-refractivity contribution in [3.8, 4) is 0 Å². The van der Waals surface area contributed by atoms with E-state index < -0.39 is 0 Å². The fourth-order valence-corrected chi connectivity index (χ4v) is 2.51. The van der Waals surface area contributed by atoms with Crippen LogP contribution in [0.3, 0.4) is 0 Å². The van der Waals surface area contributed by atoms with E-state index in [-0.39, 0.29) is 0 Å². The molecule has 13 heavy (non-hydrogen) atoms. The van der Waals surface area contributed by atoms with Crippen molar-refractivity contribution in [1.82, 2.24) is 0 Å². The Bertz CT molecular complexity index is 316. The number of hydrogen-bond acceptors (Lipinski definition) is 1. The summed E-state index contributed by atoms with van der Waals surface area (Å²) in [6.45, 7) is 6.80. The first-order valence-electron chi connectivity index (χ1n) is 4.68. The number of aryl methyl sites for hydroxylation is 1. The monoisotopic (exact) mass is 239 g/mol. The number of benzene rings is 1. The molecule has 2 rings (SSSR count). The first kappa shape index (κ1) is 9.07. The maximum absolute atomic E-state index is 3.60. The molecule has 0 N–H and O–H groups in total. The number of rotatable bonds is 1. The molecule has 0 saturated carbocycles. The van der Waals surface area contributed by atoms with Crippen molar-refractivity contribution >= 4 is 21.6 Å². The van der Waals surface area contributed by atoms with Gasteiger partial charge in [0.25, 0.3) is 0 Å². The van der Waals surface area contributed by atoms with Gasteiger partial charge in [-0.25, -0.2) is 0 Å². The zero-order valence-electron chi connectivity index (χ0n) is 8.05. The second-order valence-corrected chi connectivity index (χ2v) is 4.82. The predicted octanol–water partition coefficient (Wildman–Crippen LogP) is 3.21. The Morgan fingerprint density at radius 1 is 1.38 bits per heavy atom. The number of nitrogens with zero attached hydrogens (tertiary/aromatic N) is 1. The highest BCUT2D eigenvalue weighted by Crippen LogP contribution is 2.31. The van der Waals surface area contributed by atoms with Crippen LogP contribution in [0.1, 0.15) is 12.5 Å². The van der Waals surface area contributed by atoms with Gasteiger partial charge >= 0.3 is 0 Å². The molecular formula is C11H14BrN. The van der Waals surface area contributed by atoms with Gasteiger partial charge in [-0.1, -0.05) is 13.0 Å². The first-order valence-corrected chi connectivity index (χ1v) is 5.47. The highest BCUT2D eigenvalue weighted by molar-refractivity contribution is 9.10.